The lowest BCUT2D eigenvalue weighted by Crippen LogP contribution is -2.38. The van der Waals surface area contributed by atoms with Gasteiger partial charge in [0.1, 0.15) is 6.04 Å². The molecule has 5 nitrogen and oxygen atoms in total. The largest absolute Gasteiger partial charge is 0.316 e. The Hall–Kier alpha value is -2.18. The molecular formula is C15H16N2O3S. The van der Waals surface area contributed by atoms with Gasteiger partial charge in [-0.05, 0) is 24.6 Å². The summed E-state index contributed by atoms with van der Waals surface area (Å²) in [5.74, 6) is -0.762. The fourth-order valence-corrected chi connectivity index (χ4v) is 2.79. The van der Waals surface area contributed by atoms with Crippen molar-refractivity contribution in [3.63, 3.8) is 0 Å². The number of nitrogens with two attached hydrogens (primary N) is 1. The van der Waals surface area contributed by atoms with Crippen LogP contribution in [0.2, 0.25) is 0 Å². The summed E-state index contributed by atoms with van der Waals surface area (Å²) in [6.45, 7) is 1.85. The lowest BCUT2D eigenvalue weighted by atomic mass is 10.1. The SMILES string of the molecule is Cc1ccc(S(=O)(=O)NC(=O)[C@@H](N)c2ccccc2)cc1. The second-order valence-electron chi connectivity index (χ2n) is 4.67. The number of hydrogen-bond acceptors (Lipinski definition) is 4. The highest BCUT2D eigenvalue weighted by Gasteiger charge is 2.22. The molecule has 0 spiro atoms. The van der Waals surface area contributed by atoms with Gasteiger partial charge in [0.2, 0.25) is 0 Å². The molecular weight excluding hydrogens is 288 g/mol. The minimum Gasteiger partial charge on any atom is -0.316 e. The molecule has 0 aliphatic carbocycles. The van der Waals surface area contributed by atoms with Crippen molar-refractivity contribution in [3.05, 3.63) is 65.7 Å². The quantitative estimate of drug-likeness (QED) is 0.896. The van der Waals surface area contributed by atoms with Gasteiger partial charge in [-0.2, -0.15) is 0 Å². The number of rotatable bonds is 4. The van der Waals surface area contributed by atoms with Gasteiger partial charge in [0, 0.05) is 0 Å². The molecule has 0 fully saturated rings. The van der Waals surface area contributed by atoms with Crippen LogP contribution in [0.25, 0.3) is 0 Å². The Labute approximate surface area is 123 Å². The number of sulfonamides is 1. The third-order valence-electron chi connectivity index (χ3n) is 3.01. The van der Waals surface area contributed by atoms with Gasteiger partial charge in [0.15, 0.2) is 0 Å². The van der Waals surface area contributed by atoms with Crippen molar-refractivity contribution in [2.24, 2.45) is 5.73 Å². The number of amides is 1. The van der Waals surface area contributed by atoms with Crippen LogP contribution in [0, 0.1) is 6.92 Å². The second-order valence-corrected chi connectivity index (χ2v) is 6.35. The average Bonchev–Trinajstić information content (AvgIpc) is 2.47. The smallest absolute Gasteiger partial charge is 0.264 e. The molecule has 2 rings (SSSR count). The van der Waals surface area contributed by atoms with Crippen molar-refractivity contribution in [1.29, 1.82) is 0 Å². The molecule has 1 atom stereocenters. The lowest BCUT2D eigenvalue weighted by Gasteiger charge is -2.13. The van der Waals surface area contributed by atoms with E-state index in [-0.39, 0.29) is 4.90 Å². The maximum atomic E-state index is 12.1. The minimum absolute atomic E-state index is 0.0294. The van der Waals surface area contributed by atoms with Crippen molar-refractivity contribution in [2.45, 2.75) is 17.9 Å². The molecule has 2 aromatic rings. The van der Waals surface area contributed by atoms with Gasteiger partial charge in [-0.15, -0.1) is 0 Å². The highest BCUT2D eigenvalue weighted by molar-refractivity contribution is 7.90. The van der Waals surface area contributed by atoms with Gasteiger partial charge in [0.05, 0.1) is 4.90 Å². The summed E-state index contributed by atoms with van der Waals surface area (Å²) in [6, 6.07) is 13.8. The van der Waals surface area contributed by atoms with Crippen molar-refractivity contribution in [1.82, 2.24) is 4.72 Å². The first-order chi connectivity index (χ1) is 9.90. The number of hydrogen-bond donors (Lipinski definition) is 2. The number of carbonyl (C=O) groups excluding carboxylic acids is 1. The molecule has 0 bridgehead atoms. The summed E-state index contributed by atoms with van der Waals surface area (Å²) < 4.78 is 26.2. The molecule has 0 saturated heterocycles. The minimum atomic E-state index is -3.91. The molecule has 110 valence electrons. The zero-order valence-electron chi connectivity index (χ0n) is 11.5. The van der Waals surface area contributed by atoms with Gasteiger partial charge in [-0.25, -0.2) is 13.1 Å². The number of benzene rings is 2. The molecule has 0 heterocycles. The topological polar surface area (TPSA) is 89.3 Å². The highest BCUT2D eigenvalue weighted by Crippen LogP contribution is 2.13. The molecule has 2 aromatic carbocycles. The third kappa shape index (κ3) is 3.68. The van der Waals surface area contributed by atoms with E-state index in [0.717, 1.165) is 5.56 Å². The van der Waals surface area contributed by atoms with Crippen LogP contribution in [-0.2, 0) is 14.8 Å². The Morgan fingerprint density at radius 2 is 1.62 bits per heavy atom. The Morgan fingerprint density at radius 3 is 2.19 bits per heavy atom. The molecule has 21 heavy (non-hydrogen) atoms. The molecule has 0 aliphatic rings. The Bertz CT molecular complexity index is 725. The van der Waals surface area contributed by atoms with Crippen LogP contribution >= 0.6 is 0 Å². The summed E-state index contributed by atoms with van der Waals surface area (Å²) in [7, 11) is -3.91. The van der Waals surface area contributed by atoms with Crippen LogP contribution in [0.5, 0.6) is 0 Å². The number of carbonyl (C=O) groups is 1. The fourth-order valence-electron chi connectivity index (χ4n) is 1.78. The van der Waals surface area contributed by atoms with E-state index in [4.69, 9.17) is 5.73 Å². The van der Waals surface area contributed by atoms with Gasteiger partial charge in [-0.3, -0.25) is 4.79 Å². The standard InChI is InChI=1S/C15H16N2O3S/c1-11-7-9-13(10-8-11)21(19,20)17-15(18)14(16)12-5-3-2-4-6-12/h2-10,14H,16H2,1H3,(H,17,18)/t14-/m0/s1. The fraction of sp³-hybridized carbons (Fsp3) is 0.133. The first-order valence-corrected chi connectivity index (χ1v) is 7.82. The monoisotopic (exact) mass is 304 g/mol. The van der Waals surface area contributed by atoms with E-state index in [1.807, 2.05) is 11.6 Å². The zero-order chi connectivity index (χ0) is 15.5. The van der Waals surface area contributed by atoms with Crippen LogP contribution in [0.15, 0.2) is 59.5 Å². The van der Waals surface area contributed by atoms with Crippen molar-refractivity contribution >= 4 is 15.9 Å². The van der Waals surface area contributed by atoms with Crippen LogP contribution in [-0.4, -0.2) is 14.3 Å². The van der Waals surface area contributed by atoms with Crippen molar-refractivity contribution in [2.75, 3.05) is 0 Å². The summed E-state index contributed by atoms with van der Waals surface area (Å²) in [5.41, 5.74) is 7.25. The number of aryl methyl sites for hydroxylation is 1. The zero-order valence-corrected chi connectivity index (χ0v) is 12.3. The first-order valence-electron chi connectivity index (χ1n) is 6.34. The summed E-state index contributed by atoms with van der Waals surface area (Å²) in [6.07, 6.45) is 0. The van der Waals surface area contributed by atoms with Gasteiger partial charge in [-0.1, -0.05) is 48.0 Å². The predicted octanol–water partition coefficient (Wildman–Crippen LogP) is 1.50. The van der Waals surface area contributed by atoms with E-state index in [2.05, 4.69) is 0 Å². The maximum Gasteiger partial charge on any atom is 0.264 e. The molecule has 0 saturated carbocycles. The van der Waals surface area contributed by atoms with Crippen molar-refractivity contribution in [3.8, 4) is 0 Å². The van der Waals surface area contributed by atoms with E-state index in [9.17, 15) is 13.2 Å². The second kappa shape index (κ2) is 6.07. The van der Waals surface area contributed by atoms with Crippen LogP contribution in [0.3, 0.4) is 0 Å². The first kappa shape index (κ1) is 15.2. The predicted molar refractivity (Wildman–Crippen MR) is 79.9 cm³/mol. The van der Waals surface area contributed by atoms with E-state index >= 15 is 0 Å². The van der Waals surface area contributed by atoms with E-state index in [1.165, 1.54) is 12.1 Å². The van der Waals surface area contributed by atoms with Crippen LogP contribution in [0.4, 0.5) is 0 Å². The molecule has 0 aliphatic heterocycles. The summed E-state index contributed by atoms with van der Waals surface area (Å²) >= 11 is 0. The average molecular weight is 304 g/mol. The molecule has 3 N–H and O–H groups in total. The summed E-state index contributed by atoms with van der Waals surface area (Å²) in [4.78, 5) is 12.0. The van der Waals surface area contributed by atoms with Crippen LogP contribution < -0.4 is 10.5 Å². The van der Waals surface area contributed by atoms with Gasteiger partial charge in [0.25, 0.3) is 15.9 Å². The molecule has 1 amide bonds. The van der Waals surface area contributed by atoms with E-state index < -0.39 is 22.0 Å². The molecule has 0 radical (unpaired) electrons. The van der Waals surface area contributed by atoms with E-state index in [1.54, 1.807) is 42.5 Å². The van der Waals surface area contributed by atoms with Gasteiger partial charge >= 0.3 is 0 Å². The normalized spacial score (nSPS) is 12.7. The van der Waals surface area contributed by atoms with Crippen LogP contribution in [0.1, 0.15) is 17.2 Å². The maximum absolute atomic E-state index is 12.1. The summed E-state index contributed by atoms with van der Waals surface area (Å²) in [5, 5.41) is 0. The Morgan fingerprint density at radius 1 is 1.05 bits per heavy atom. The Balaban J connectivity index is 2.17. The van der Waals surface area contributed by atoms with E-state index in [0.29, 0.717) is 5.56 Å². The van der Waals surface area contributed by atoms with Gasteiger partial charge < -0.3 is 5.73 Å². The molecule has 6 heteroatoms. The number of nitrogens with one attached hydrogen (secondary N) is 1. The Kier molecular flexibility index (Phi) is 4.40. The third-order valence-corrected chi connectivity index (χ3v) is 4.37. The highest BCUT2D eigenvalue weighted by atomic mass is 32.2. The molecule has 0 aromatic heterocycles. The van der Waals surface area contributed by atoms with Crippen molar-refractivity contribution < 1.29 is 13.2 Å². The lowest BCUT2D eigenvalue weighted by molar-refractivity contribution is -0.120. The molecule has 0 unspecified atom stereocenters.